The SMILES string of the molecule is Cc1ccccc1C(=O)N[C@H](C(=O)Nc1ccc(N2CCN(C)CC2)c(C)c1)C(C)C. The third kappa shape index (κ3) is 5.64. The molecule has 1 aliphatic rings. The van der Waals surface area contributed by atoms with Gasteiger partial charge in [0.2, 0.25) is 5.91 Å². The van der Waals surface area contributed by atoms with Crippen LogP contribution < -0.4 is 15.5 Å². The Balaban J connectivity index is 1.68. The second-order valence-corrected chi connectivity index (χ2v) is 8.79. The van der Waals surface area contributed by atoms with Crippen molar-refractivity contribution < 1.29 is 9.59 Å². The van der Waals surface area contributed by atoms with E-state index in [2.05, 4.69) is 40.5 Å². The molecule has 1 saturated heterocycles. The van der Waals surface area contributed by atoms with Crippen molar-refractivity contribution in [2.75, 3.05) is 43.4 Å². The zero-order valence-electron chi connectivity index (χ0n) is 19.2. The number of hydrogen-bond acceptors (Lipinski definition) is 4. The summed E-state index contributed by atoms with van der Waals surface area (Å²) < 4.78 is 0. The summed E-state index contributed by atoms with van der Waals surface area (Å²) >= 11 is 0. The fourth-order valence-corrected chi connectivity index (χ4v) is 3.94. The van der Waals surface area contributed by atoms with Gasteiger partial charge in [-0.05, 0) is 62.2 Å². The van der Waals surface area contributed by atoms with Crippen LogP contribution in [0.1, 0.15) is 35.3 Å². The number of likely N-dealkylation sites (N-methyl/N-ethyl adjacent to an activating group) is 1. The molecule has 1 fully saturated rings. The predicted molar refractivity (Wildman–Crippen MR) is 127 cm³/mol. The highest BCUT2D eigenvalue weighted by Gasteiger charge is 2.25. The molecule has 0 aliphatic carbocycles. The van der Waals surface area contributed by atoms with Gasteiger partial charge in [-0.3, -0.25) is 9.59 Å². The van der Waals surface area contributed by atoms with Gasteiger partial charge in [0, 0.05) is 43.1 Å². The zero-order valence-corrected chi connectivity index (χ0v) is 19.2. The average Bonchev–Trinajstić information content (AvgIpc) is 2.73. The van der Waals surface area contributed by atoms with Gasteiger partial charge < -0.3 is 20.4 Å². The lowest BCUT2D eigenvalue weighted by atomic mass is 10.0. The van der Waals surface area contributed by atoms with E-state index in [9.17, 15) is 9.59 Å². The highest BCUT2D eigenvalue weighted by Crippen LogP contribution is 2.25. The number of benzene rings is 2. The average molecular weight is 423 g/mol. The van der Waals surface area contributed by atoms with Gasteiger partial charge in [-0.1, -0.05) is 32.0 Å². The molecule has 2 aromatic carbocycles. The molecule has 1 aliphatic heterocycles. The van der Waals surface area contributed by atoms with Gasteiger partial charge in [0.25, 0.3) is 5.91 Å². The Labute approximate surface area is 185 Å². The number of carbonyl (C=O) groups excluding carboxylic acids is 2. The first-order valence-electron chi connectivity index (χ1n) is 11.0. The summed E-state index contributed by atoms with van der Waals surface area (Å²) in [6.07, 6.45) is 0. The number of piperazine rings is 1. The molecule has 31 heavy (non-hydrogen) atoms. The van der Waals surface area contributed by atoms with E-state index in [1.807, 2.05) is 51.1 Å². The maximum Gasteiger partial charge on any atom is 0.252 e. The lowest BCUT2D eigenvalue weighted by Gasteiger charge is -2.35. The van der Waals surface area contributed by atoms with E-state index in [1.54, 1.807) is 6.07 Å². The topological polar surface area (TPSA) is 64.7 Å². The normalized spacial score (nSPS) is 15.6. The molecule has 0 spiro atoms. The summed E-state index contributed by atoms with van der Waals surface area (Å²) in [5, 5.41) is 5.90. The van der Waals surface area contributed by atoms with E-state index in [-0.39, 0.29) is 17.7 Å². The minimum Gasteiger partial charge on any atom is -0.369 e. The number of nitrogens with one attached hydrogen (secondary N) is 2. The van der Waals surface area contributed by atoms with Crippen LogP contribution in [0.5, 0.6) is 0 Å². The van der Waals surface area contributed by atoms with Crippen LogP contribution >= 0.6 is 0 Å². The van der Waals surface area contributed by atoms with E-state index in [4.69, 9.17) is 0 Å². The van der Waals surface area contributed by atoms with Crippen LogP contribution in [-0.4, -0.2) is 56.0 Å². The van der Waals surface area contributed by atoms with E-state index >= 15 is 0 Å². The molecule has 0 bridgehead atoms. The number of aryl methyl sites for hydroxylation is 2. The van der Waals surface area contributed by atoms with E-state index in [0.29, 0.717) is 5.56 Å². The van der Waals surface area contributed by atoms with Crippen molar-refractivity contribution in [3.05, 3.63) is 59.2 Å². The molecule has 0 unspecified atom stereocenters. The number of anilines is 2. The summed E-state index contributed by atoms with van der Waals surface area (Å²) in [7, 11) is 2.14. The molecule has 2 N–H and O–H groups in total. The number of carbonyl (C=O) groups is 2. The van der Waals surface area contributed by atoms with E-state index in [1.165, 1.54) is 5.69 Å². The minimum absolute atomic E-state index is 0.0429. The van der Waals surface area contributed by atoms with Gasteiger partial charge in [0.05, 0.1) is 0 Å². The molecule has 0 saturated carbocycles. The Bertz CT molecular complexity index is 933. The molecule has 1 heterocycles. The van der Waals surface area contributed by atoms with Crippen LogP contribution in [-0.2, 0) is 4.79 Å². The van der Waals surface area contributed by atoms with Gasteiger partial charge in [-0.2, -0.15) is 0 Å². The molecule has 0 aromatic heterocycles. The van der Waals surface area contributed by atoms with Crippen molar-refractivity contribution in [1.82, 2.24) is 10.2 Å². The van der Waals surface area contributed by atoms with Crippen molar-refractivity contribution in [3.8, 4) is 0 Å². The Morgan fingerprint density at radius 3 is 2.23 bits per heavy atom. The van der Waals surface area contributed by atoms with Crippen molar-refractivity contribution in [2.24, 2.45) is 5.92 Å². The number of rotatable bonds is 6. The Morgan fingerprint density at radius 2 is 1.61 bits per heavy atom. The molecule has 2 aromatic rings. The van der Waals surface area contributed by atoms with Crippen LogP contribution in [0.4, 0.5) is 11.4 Å². The Hall–Kier alpha value is -2.86. The molecular formula is C25H34N4O2. The number of nitrogens with zero attached hydrogens (tertiary/aromatic N) is 2. The first-order valence-corrected chi connectivity index (χ1v) is 11.0. The smallest absolute Gasteiger partial charge is 0.252 e. The fourth-order valence-electron chi connectivity index (χ4n) is 3.94. The quantitative estimate of drug-likeness (QED) is 0.748. The van der Waals surface area contributed by atoms with Crippen LogP contribution in [0.25, 0.3) is 0 Å². The number of hydrogen-bond donors (Lipinski definition) is 2. The maximum absolute atomic E-state index is 13.0. The molecular weight excluding hydrogens is 388 g/mol. The van der Waals surface area contributed by atoms with Gasteiger partial charge >= 0.3 is 0 Å². The van der Waals surface area contributed by atoms with Crippen LogP contribution in [0.2, 0.25) is 0 Å². The van der Waals surface area contributed by atoms with Gasteiger partial charge in [0.15, 0.2) is 0 Å². The standard InChI is InChI=1S/C25H34N4O2/c1-17(2)23(27-24(30)21-9-7-6-8-18(21)3)25(31)26-20-10-11-22(19(4)16-20)29-14-12-28(5)13-15-29/h6-11,16-17,23H,12-15H2,1-5H3,(H,26,31)(H,27,30)/t23-/m0/s1. The zero-order chi connectivity index (χ0) is 22.5. The molecule has 6 heteroatoms. The second-order valence-electron chi connectivity index (χ2n) is 8.79. The van der Waals surface area contributed by atoms with Gasteiger partial charge in [-0.25, -0.2) is 0 Å². The van der Waals surface area contributed by atoms with E-state index < -0.39 is 6.04 Å². The lowest BCUT2D eigenvalue weighted by Crippen LogP contribution is -2.47. The summed E-state index contributed by atoms with van der Waals surface area (Å²) in [4.78, 5) is 30.5. The minimum atomic E-state index is -0.621. The molecule has 166 valence electrons. The summed E-state index contributed by atoms with van der Waals surface area (Å²) in [6, 6.07) is 12.8. The largest absolute Gasteiger partial charge is 0.369 e. The van der Waals surface area contributed by atoms with Crippen LogP contribution in [0, 0.1) is 19.8 Å². The third-order valence-electron chi connectivity index (χ3n) is 5.93. The lowest BCUT2D eigenvalue weighted by molar-refractivity contribution is -0.118. The van der Waals surface area contributed by atoms with Crippen molar-refractivity contribution in [1.29, 1.82) is 0 Å². The monoisotopic (exact) mass is 422 g/mol. The number of amides is 2. The molecule has 1 atom stereocenters. The summed E-state index contributed by atoms with van der Waals surface area (Å²) in [5.74, 6) is -0.476. The van der Waals surface area contributed by atoms with Crippen molar-refractivity contribution in [3.63, 3.8) is 0 Å². The van der Waals surface area contributed by atoms with Crippen LogP contribution in [0.3, 0.4) is 0 Å². The fraction of sp³-hybridized carbons (Fsp3) is 0.440. The predicted octanol–water partition coefficient (Wildman–Crippen LogP) is 3.45. The summed E-state index contributed by atoms with van der Waals surface area (Å²) in [6.45, 7) is 11.9. The second kappa shape index (κ2) is 9.96. The first kappa shape index (κ1) is 22.8. The molecule has 6 nitrogen and oxygen atoms in total. The van der Waals surface area contributed by atoms with Crippen molar-refractivity contribution in [2.45, 2.75) is 33.7 Å². The van der Waals surface area contributed by atoms with Crippen LogP contribution in [0.15, 0.2) is 42.5 Å². The van der Waals surface area contributed by atoms with E-state index in [0.717, 1.165) is 43.0 Å². The molecule has 0 radical (unpaired) electrons. The Morgan fingerprint density at radius 1 is 0.935 bits per heavy atom. The van der Waals surface area contributed by atoms with Gasteiger partial charge in [-0.15, -0.1) is 0 Å². The highest BCUT2D eigenvalue weighted by atomic mass is 16.2. The Kier molecular flexibility index (Phi) is 7.33. The highest BCUT2D eigenvalue weighted by molar-refractivity contribution is 6.02. The van der Waals surface area contributed by atoms with Crippen molar-refractivity contribution >= 4 is 23.2 Å². The van der Waals surface area contributed by atoms with Gasteiger partial charge in [0.1, 0.15) is 6.04 Å². The molecule has 3 rings (SSSR count). The maximum atomic E-state index is 13.0. The third-order valence-corrected chi connectivity index (χ3v) is 5.93. The first-order chi connectivity index (χ1) is 14.8. The molecule has 2 amide bonds. The summed E-state index contributed by atoms with van der Waals surface area (Å²) in [5.41, 5.74) is 4.56.